The Balaban J connectivity index is 4.28. The van der Waals surface area contributed by atoms with Crippen LogP contribution in [0.3, 0.4) is 0 Å². The Labute approximate surface area is 399 Å². The van der Waals surface area contributed by atoms with Crippen LogP contribution in [0.1, 0.15) is 329 Å². The standard InChI is InChI=1S/C58H112O6/c1-5-8-10-12-14-16-18-20-22-24-25-27-29-31-33-39-43-47-51-58(61)64-55(53-63-57(60)50-46-42-38-35-34-36-40-44-48-54(4)7-3)52-62-56(59)49-45-41-37-32-30-28-26-23-21-19-17-15-13-11-9-6-2/h54-55H,5-53H2,1-4H3/t54?,55-/m1/s1. The summed E-state index contributed by atoms with van der Waals surface area (Å²) in [6.45, 7) is 9.06. The van der Waals surface area contributed by atoms with E-state index in [0.717, 1.165) is 63.7 Å². The normalized spacial score (nSPS) is 12.4. The summed E-state index contributed by atoms with van der Waals surface area (Å²) in [5, 5.41) is 0. The quantitative estimate of drug-likeness (QED) is 0.0344. The van der Waals surface area contributed by atoms with Crippen LogP contribution in [0.2, 0.25) is 0 Å². The van der Waals surface area contributed by atoms with Gasteiger partial charge in [-0.05, 0) is 25.2 Å². The summed E-state index contributed by atoms with van der Waals surface area (Å²) in [7, 11) is 0. The zero-order chi connectivity index (χ0) is 46.7. The van der Waals surface area contributed by atoms with Gasteiger partial charge in [0, 0.05) is 19.3 Å². The first-order valence-corrected chi connectivity index (χ1v) is 28.9. The second-order valence-corrected chi connectivity index (χ2v) is 20.2. The molecule has 6 nitrogen and oxygen atoms in total. The summed E-state index contributed by atoms with van der Waals surface area (Å²) in [5.74, 6) is 0.0101. The molecule has 0 radical (unpaired) electrons. The molecule has 380 valence electrons. The summed E-state index contributed by atoms with van der Waals surface area (Å²) in [6.07, 6.45) is 56.6. The zero-order valence-electron chi connectivity index (χ0n) is 43.8. The van der Waals surface area contributed by atoms with Crippen molar-refractivity contribution in [1.82, 2.24) is 0 Å². The van der Waals surface area contributed by atoms with Crippen LogP contribution in [-0.2, 0) is 28.6 Å². The number of hydrogen-bond donors (Lipinski definition) is 0. The molecule has 0 aromatic carbocycles. The largest absolute Gasteiger partial charge is 0.462 e. The van der Waals surface area contributed by atoms with Gasteiger partial charge in [-0.15, -0.1) is 0 Å². The van der Waals surface area contributed by atoms with Crippen LogP contribution >= 0.6 is 0 Å². The van der Waals surface area contributed by atoms with Gasteiger partial charge in [0.05, 0.1) is 0 Å². The number of rotatable bonds is 53. The van der Waals surface area contributed by atoms with Gasteiger partial charge in [0.1, 0.15) is 13.2 Å². The number of carbonyl (C=O) groups is 3. The Bertz CT molecular complexity index is 966. The average molecular weight is 906 g/mol. The molecule has 0 aromatic rings. The summed E-state index contributed by atoms with van der Waals surface area (Å²) in [5.41, 5.74) is 0. The molecule has 0 heterocycles. The molecule has 6 heteroatoms. The number of carbonyl (C=O) groups excluding carboxylic acids is 3. The SMILES string of the molecule is CCCCCCCCCCCCCCCCCCCCC(=O)O[C@H](COC(=O)CCCCCCCCCCCCCCCCCC)COC(=O)CCCCCCCCCCC(C)CC. The van der Waals surface area contributed by atoms with Crippen molar-refractivity contribution in [2.24, 2.45) is 5.92 Å². The third-order valence-corrected chi connectivity index (χ3v) is 13.7. The van der Waals surface area contributed by atoms with E-state index in [4.69, 9.17) is 14.2 Å². The van der Waals surface area contributed by atoms with Crippen molar-refractivity contribution in [3.05, 3.63) is 0 Å². The van der Waals surface area contributed by atoms with E-state index < -0.39 is 6.10 Å². The van der Waals surface area contributed by atoms with E-state index in [1.807, 2.05) is 0 Å². The maximum absolute atomic E-state index is 12.8. The first-order chi connectivity index (χ1) is 31.4. The molecule has 0 amide bonds. The highest BCUT2D eigenvalue weighted by atomic mass is 16.6. The maximum Gasteiger partial charge on any atom is 0.306 e. The van der Waals surface area contributed by atoms with Crippen LogP contribution in [0.4, 0.5) is 0 Å². The van der Waals surface area contributed by atoms with E-state index in [9.17, 15) is 14.4 Å². The lowest BCUT2D eigenvalue weighted by Gasteiger charge is -2.18. The third kappa shape index (κ3) is 49.8. The van der Waals surface area contributed by atoms with Crippen LogP contribution < -0.4 is 0 Å². The van der Waals surface area contributed by atoms with Crippen LogP contribution in [0, 0.1) is 5.92 Å². The third-order valence-electron chi connectivity index (χ3n) is 13.7. The lowest BCUT2D eigenvalue weighted by Crippen LogP contribution is -2.30. The molecule has 0 aromatic heterocycles. The summed E-state index contributed by atoms with van der Waals surface area (Å²) >= 11 is 0. The van der Waals surface area contributed by atoms with Crippen molar-refractivity contribution in [3.63, 3.8) is 0 Å². The van der Waals surface area contributed by atoms with E-state index in [0.29, 0.717) is 19.3 Å². The molecule has 64 heavy (non-hydrogen) atoms. The Kier molecular flexibility index (Phi) is 51.1. The fourth-order valence-corrected chi connectivity index (χ4v) is 8.89. The van der Waals surface area contributed by atoms with Crippen molar-refractivity contribution < 1.29 is 28.6 Å². The number of hydrogen-bond acceptors (Lipinski definition) is 6. The number of unbranched alkanes of at least 4 members (excludes halogenated alkanes) is 39. The van der Waals surface area contributed by atoms with Gasteiger partial charge in [-0.2, -0.15) is 0 Å². The van der Waals surface area contributed by atoms with Gasteiger partial charge in [-0.3, -0.25) is 14.4 Å². The van der Waals surface area contributed by atoms with Crippen LogP contribution in [-0.4, -0.2) is 37.2 Å². The Morgan fingerprint density at radius 1 is 0.312 bits per heavy atom. The topological polar surface area (TPSA) is 78.9 Å². The smallest absolute Gasteiger partial charge is 0.306 e. The van der Waals surface area contributed by atoms with Crippen LogP contribution in [0.15, 0.2) is 0 Å². The highest BCUT2D eigenvalue weighted by molar-refractivity contribution is 5.71. The van der Waals surface area contributed by atoms with E-state index in [1.165, 1.54) is 225 Å². The van der Waals surface area contributed by atoms with Gasteiger partial charge in [0.15, 0.2) is 6.10 Å². The zero-order valence-corrected chi connectivity index (χ0v) is 43.8. The minimum absolute atomic E-state index is 0.0623. The maximum atomic E-state index is 12.8. The van der Waals surface area contributed by atoms with E-state index in [1.54, 1.807) is 0 Å². The molecule has 1 unspecified atom stereocenters. The average Bonchev–Trinajstić information content (AvgIpc) is 3.29. The van der Waals surface area contributed by atoms with Crippen LogP contribution in [0.25, 0.3) is 0 Å². The Morgan fingerprint density at radius 2 is 0.547 bits per heavy atom. The molecule has 0 N–H and O–H groups in total. The second-order valence-electron chi connectivity index (χ2n) is 20.2. The summed E-state index contributed by atoms with van der Waals surface area (Å²) in [6, 6.07) is 0. The highest BCUT2D eigenvalue weighted by Crippen LogP contribution is 2.18. The molecular weight excluding hydrogens is 793 g/mol. The molecule has 0 saturated heterocycles. The van der Waals surface area contributed by atoms with E-state index >= 15 is 0 Å². The van der Waals surface area contributed by atoms with Crippen molar-refractivity contribution in [1.29, 1.82) is 0 Å². The lowest BCUT2D eigenvalue weighted by molar-refractivity contribution is -0.167. The fraction of sp³-hybridized carbons (Fsp3) is 0.948. The molecular formula is C58H112O6. The van der Waals surface area contributed by atoms with E-state index in [-0.39, 0.29) is 31.1 Å². The Morgan fingerprint density at radius 3 is 0.812 bits per heavy atom. The lowest BCUT2D eigenvalue weighted by atomic mass is 9.99. The minimum atomic E-state index is -0.762. The molecule has 0 spiro atoms. The van der Waals surface area contributed by atoms with Crippen molar-refractivity contribution in [2.45, 2.75) is 336 Å². The van der Waals surface area contributed by atoms with Crippen molar-refractivity contribution in [3.8, 4) is 0 Å². The molecule has 0 aliphatic heterocycles. The molecule has 2 atom stereocenters. The molecule has 0 rings (SSSR count). The van der Waals surface area contributed by atoms with E-state index in [2.05, 4.69) is 27.7 Å². The van der Waals surface area contributed by atoms with Crippen molar-refractivity contribution in [2.75, 3.05) is 13.2 Å². The molecule has 0 saturated carbocycles. The predicted molar refractivity (Wildman–Crippen MR) is 275 cm³/mol. The number of esters is 3. The van der Waals surface area contributed by atoms with Crippen LogP contribution in [0.5, 0.6) is 0 Å². The fourth-order valence-electron chi connectivity index (χ4n) is 8.89. The van der Waals surface area contributed by atoms with Gasteiger partial charge < -0.3 is 14.2 Å². The summed E-state index contributed by atoms with van der Waals surface area (Å²) in [4.78, 5) is 38.1. The molecule has 0 fully saturated rings. The second kappa shape index (κ2) is 52.4. The van der Waals surface area contributed by atoms with Gasteiger partial charge in [0.2, 0.25) is 0 Å². The minimum Gasteiger partial charge on any atom is -0.462 e. The highest BCUT2D eigenvalue weighted by Gasteiger charge is 2.19. The Hall–Kier alpha value is -1.59. The number of ether oxygens (including phenoxy) is 3. The van der Waals surface area contributed by atoms with Gasteiger partial charge >= 0.3 is 17.9 Å². The molecule has 0 bridgehead atoms. The first kappa shape index (κ1) is 62.4. The first-order valence-electron chi connectivity index (χ1n) is 28.9. The van der Waals surface area contributed by atoms with Gasteiger partial charge in [0.25, 0.3) is 0 Å². The monoisotopic (exact) mass is 905 g/mol. The van der Waals surface area contributed by atoms with Crippen molar-refractivity contribution >= 4 is 17.9 Å². The van der Waals surface area contributed by atoms with Gasteiger partial charge in [-0.1, -0.05) is 291 Å². The predicted octanol–water partition coefficient (Wildman–Crippen LogP) is 19.0. The summed E-state index contributed by atoms with van der Waals surface area (Å²) < 4.78 is 16.9. The molecule has 0 aliphatic carbocycles. The van der Waals surface area contributed by atoms with Gasteiger partial charge in [-0.25, -0.2) is 0 Å². The molecule has 0 aliphatic rings.